The van der Waals surface area contributed by atoms with Crippen LogP contribution in [0.5, 0.6) is 0 Å². The minimum atomic E-state index is -3.52. The summed E-state index contributed by atoms with van der Waals surface area (Å²) >= 11 is 0. The van der Waals surface area contributed by atoms with Crippen LogP contribution in [0.1, 0.15) is 13.8 Å². The Labute approximate surface area is 73.3 Å². The van der Waals surface area contributed by atoms with E-state index in [1.54, 1.807) is 6.08 Å². The molecule has 1 unspecified atom stereocenters. The first-order chi connectivity index (χ1) is 5.48. The Morgan fingerprint density at radius 2 is 2.25 bits per heavy atom. The van der Waals surface area contributed by atoms with Crippen LogP contribution in [0.3, 0.4) is 0 Å². The Bertz CT molecular complexity index is 208. The molecule has 0 saturated heterocycles. The molecule has 1 N–H and O–H groups in total. The molecule has 70 valence electrons. The molecule has 0 aliphatic rings. The molecule has 3 nitrogen and oxygen atoms in total. The van der Waals surface area contributed by atoms with E-state index >= 15 is 0 Å². The van der Waals surface area contributed by atoms with Crippen molar-refractivity contribution in [2.45, 2.75) is 13.8 Å². The van der Waals surface area contributed by atoms with Gasteiger partial charge < -0.3 is 9.42 Å². The highest BCUT2D eigenvalue weighted by Gasteiger charge is 2.10. The van der Waals surface area contributed by atoms with Crippen LogP contribution in [0.4, 0.5) is 0 Å². The maximum absolute atomic E-state index is 10.8. The average Bonchev–Trinajstić information content (AvgIpc) is 1.98. The Hall–Kier alpha value is -0.370. The van der Waals surface area contributed by atoms with Crippen molar-refractivity contribution >= 4 is 7.60 Å². The summed E-state index contributed by atoms with van der Waals surface area (Å²) in [6, 6.07) is 0. The third-order valence-electron chi connectivity index (χ3n) is 1.11. The van der Waals surface area contributed by atoms with Gasteiger partial charge in [-0.25, -0.2) is 0 Å². The number of allylic oxidation sites excluding steroid dienone is 1. The van der Waals surface area contributed by atoms with E-state index in [1.807, 2.05) is 19.9 Å². The van der Waals surface area contributed by atoms with Crippen molar-refractivity contribution in [1.82, 2.24) is 0 Å². The van der Waals surface area contributed by atoms with Crippen molar-refractivity contribution in [1.29, 1.82) is 0 Å². The lowest BCUT2D eigenvalue weighted by atomic mass is 10.2. The molecule has 0 saturated carbocycles. The molecule has 0 rings (SSSR count). The smallest absolute Gasteiger partial charge is 0.321 e. The molecule has 0 aromatic heterocycles. The second kappa shape index (κ2) is 5.31. The van der Waals surface area contributed by atoms with Gasteiger partial charge in [0, 0.05) is 5.82 Å². The van der Waals surface area contributed by atoms with Gasteiger partial charge in [-0.1, -0.05) is 32.6 Å². The number of rotatable bonds is 5. The van der Waals surface area contributed by atoms with Gasteiger partial charge in [-0.15, -0.1) is 0 Å². The van der Waals surface area contributed by atoms with E-state index in [-0.39, 0.29) is 6.61 Å². The molecule has 0 radical (unpaired) electrons. The predicted molar refractivity (Wildman–Crippen MR) is 50.0 cm³/mol. The molecule has 0 amide bonds. The van der Waals surface area contributed by atoms with Gasteiger partial charge in [0.15, 0.2) is 0 Å². The fourth-order valence-corrected chi connectivity index (χ4v) is 0.935. The van der Waals surface area contributed by atoms with Crippen molar-refractivity contribution in [2.24, 2.45) is 5.92 Å². The van der Waals surface area contributed by atoms with Crippen LogP contribution in [0.2, 0.25) is 0 Å². The van der Waals surface area contributed by atoms with Gasteiger partial charge >= 0.3 is 7.60 Å². The lowest BCUT2D eigenvalue weighted by molar-refractivity contribution is 0.297. The highest BCUT2D eigenvalue weighted by molar-refractivity contribution is 7.56. The third-order valence-corrected chi connectivity index (χ3v) is 2.09. The van der Waals surface area contributed by atoms with Crippen LogP contribution >= 0.6 is 7.60 Å². The van der Waals surface area contributed by atoms with Gasteiger partial charge in [0.05, 0.1) is 6.61 Å². The lowest BCUT2D eigenvalue weighted by Crippen LogP contribution is -1.87. The second-order valence-corrected chi connectivity index (χ2v) is 4.47. The lowest BCUT2D eigenvalue weighted by Gasteiger charge is -2.04. The van der Waals surface area contributed by atoms with E-state index in [4.69, 9.17) is 4.89 Å². The molecule has 0 bridgehead atoms. The van der Waals surface area contributed by atoms with E-state index in [2.05, 4.69) is 11.1 Å². The Balaban J connectivity index is 3.71. The van der Waals surface area contributed by atoms with Crippen molar-refractivity contribution in [3.8, 4) is 0 Å². The van der Waals surface area contributed by atoms with Crippen molar-refractivity contribution in [3.05, 3.63) is 24.5 Å². The van der Waals surface area contributed by atoms with Crippen LogP contribution in [0.25, 0.3) is 0 Å². The van der Waals surface area contributed by atoms with Gasteiger partial charge in [0.25, 0.3) is 0 Å². The molecule has 0 aliphatic heterocycles. The number of hydrogen-bond acceptors (Lipinski definition) is 2. The van der Waals surface area contributed by atoms with Crippen LogP contribution in [-0.4, -0.2) is 11.5 Å². The fraction of sp³-hybridized carbons (Fsp3) is 0.500. The highest BCUT2D eigenvalue weighted by Crippen LogP contribution is 2.42. The first-order valence-corrected chi connectivity index (χ1v) is 5.40. The van der Waals surface area contributed by atoms with E-state index in [9.17, 15) is 4.57 Å². The zero-order chi connectivity index (χ0) is 9.61. The Kier molecular flexibility index (Phi) is 5.14. The Morgan fingerprint density at radius 3 is 2.67 bits per heavy atom. The predicted octanol–water partition coefficient (Wildman–Crippen LogP) is 2.54. The molecule has 0 aromatic carbocycles. The van der Waals surface area contributed by atoms with Crippen LogP contribution in [0, 0.1) is 5.92 Å². The summed E-state index contributed by atoms with van der Waals surface area (Å²) in [6.07, 6.45) is 3.63. The summed E-state index contributed by atoms with van der Waals surface area (Å²) in [5, 5.41) is 0. The second-order valence-electron chi connectivity index (χ2n) is 2.71. The third kappa shape index (κ3) is 6.35. The summed E-state index contributed by atoms with van der Waals surface area (Å²) < 4.78 is 15.4. The van der Waals surface area contributed by atoms with E-state index in [1.165, 1.54) is 0 Å². The minimum absolute atomic E-state index is 0.151. The van der Waals surface area contributed by atoms with Gasteiger partial charge in [-0.05, 0) is 5.92 Å². The first kappa shape index (κ1) is 11.6. The molecular formula is C8H15O3P. The summed E-state index contributed by atoms with van der Waals surface area (Å²) in [5.41, 5.74) is 0. The summed E-state index contributed by atoms with van der Waals surface area (Å²) in [6.45, 7) is 7.37. The van der Waals surface area contributed by atoms with E-state index in [0.29, 0.717) is 5.92 Å². The standard InChI is InChI=1S/C8H15O3P/c1-4-12(9,10)11-7-5-6-8(2)3/h4-6,8H,1,7H2,2-3H3,(H,9,10). The van der Waals surface area contributed by atoms with Crippen molar-refractivity contribution < 1.29 is 14.0 Å². The fourth-order valence-electron chi connectivity index (χ4n) is 0.530. The molecule has 0 fully saturated rings. The topological polar surface area (TPSA) is 46.5 Å². The molecule has 0 aromatic rings. The molecule has 4 heteroatoms. The normalized spacial score (nSPS) is 16.7. The average molecular weight is 190 g/mol. The molecular weight excluding hydrogens is 175 g/mol. The van der Waals surface area contributed by atoms with Crippen LogP contribution in [-0.2, 0) is 9.09 Å². The van der Waals surface area contributed by atoms with Gasteiger partial charge in [-0.3, -0.25) is 4.57 Å². The maximum Gasteiger partial charge on any atom is 0.351 e. The van der Waals surface area contributed by atoms with Crippen molar-refractivity contribution in [3.63, 3.8) is 0 Å². The quantitative estimate of drug-likeness (QED) is 0.535. The largest absolute Gasteiger partial charge is 0.351 e. The first-order valence-electron chi connectivity index (χ1n) is 3.75. The summed E-state index contributed by atoms with van der Waals surface area (Å²) in [7, 11) is -3.52. The zero-order valence-electron chi connectivity index (χ0n) is 7.43. The zero-order valence-corrected chi connectivity index (χ0v) is 8.33. The van der Waals surface area contributed by atoms with E-state index in [0.717, 1.165) is 5.82 Å². The van der Waals surface area contributed by atoms with E-state index < -0.39 is 7.60 Å². The number of hydrogen-bond donors (Lipinski definition) is 1. The van der Waals surface area contributed by atoms with Crippen molar-refractivity contribution in [2.75, 3.05) is 6.61 Å². The molecule has 0 aliphatic carbocycles. The molecule has 0 spiro atoms. The summed E-state index contributed by atoms with van der Waals surface area (Å²) in [5.74, 6) is 1.35. The SMILES string of the molecule is C=CP(=O)(O)OCC=CC(C)C. The van der Waals surface area contributed by atoms with Gasteiger partial charge in [0.2, 0.25) is 0 Å². The summed E-state index contributed by atoms with van der Waals surface area (Å²) in [4.78, 5) is 8.87. The maximum atomic E-state index is 10.8. The molecule has 12 heavy (non-hydrogen) atoms. The van der Waals surface area contributed by atoms with Crippen LogP contribution in [0.15, 0.2) is 24.5 Å². The minimum Gasteiger partial charge on any atom is -0.321 e. The monoisotopic (exact) mass is 190 g/mol. The molecule has 0 heterocycles. The van der Waals surface area contributed by atoms with Gasteiger partial charge in [-0.2, -0.15) is 0 Å². The van der Waals surface area contributed by atoms with Crippen LogP contribution < -0.4 is 0 Å². The molecule has 1 atom stereocenters. The highest BCUT2D eigenvalue weighted by atomic mass is 31.2. The van der Waals surface area contributed by atoms with Gasteiger partial charge in [0.1, 0.15) is 0 Å². The Morgan fingerprint density at radius 1 is 1.67 bits per heavy atom.